The molecule has 0 bridgehead atoms. The fourth-order valence-corrected chi connectivity index (χ4v) is 3.97. The van der Waals surface area contributed by atoms with Gasteiger partial charge in [0.05, 0.1) is 5.56 Å². The van der Waals surface area contributed by atoms with Crippen LogP contribution in [0.25, 0.3) is 6.08 Å². The molecule has 0 spiro atoms. The zero-order valence-corrected chi connectivity index (χ0v) is 16.8. The molecule has 29 heavy (non-hydrogen) atoms. The maximum absolute atomic E-state index is 12.6. The van der Waals surface area contributed by atoms with Crippen molar-refractivity contribution in [3.05, 3.63) is 94.2 Å². The molecule has 0 atom stereocenters. The van der Waals surface area contributed by atoms with Gasteiger partial charge in [0.2, 0.25) is 5.78 Å². The Morgan fingerprint density at radius 1 is 1.00 bits per heavy atom. The first kappa shape index (κ1) is 19.2. The maximum atomic E-state index is 12.6. The normalized spacial score (nSPS) is 14.6. The van der Waals surface area contributed by atoms with Crippen LogP contribution >= 0.6 is 11.6 Å². The Morgan fingerprint density at radius 2 is 1.76 bits per heavy atom. The summed E-state index contributed by atoms with van der Waals surface area (Å²) < 4.78 is 35.8. The molecule has 0 saturated carbocycles. The van der Waals surface area contributed by atoms with Crippen LogP contribution in [0.3, 0.4) is 0 Å². The number of carbonyl (C=O) groups excluding carboxylic acids is 1. The highest BCUT2D eigenvalue weighted by molar-refractivity contribution is 7.87. The van der Waals surface area contributed by atoms with E-state index in [0.717, 1.165) is 5.56 Å². The van der Waals surface area contributed by atoms with E-state index in [2.05, 4.69) is 0 Å². The number of allylic oxidation sites excluding steroid dienone is 1. The van der Waals surface area contributed by atoms with Gasteiger partial charge in [0.15, 0.2) is 5.76 Å². The molecule has 146 valence electrons. The zero-order chi connectivity index (χ0) is 20.6. The van der Waals surface area contributed by atoms with Crippen molar-refractivity contribution in [2.24, 2.45) is 0 Å². The summed E-state index contributed by atoms with van der Waals surface area (Å²) in [5.41, 5.74) is 1.98. The van der Waals surface area contributed by atoms with Crippen molar-refractivity contribution in [2.45, 2.75) is 11.8 Å². The number of ether oxygens (including phenoxy) is 1. The number of benzene rings is 3. The van der Waals surface area contributed by atoms with Gasteiger partial charge in [0.1, 0.15) is 16.4 Å². The van der Waals surface area contributed by atoms with E-state index in [1.54, 1.807) is 42.5 Å². The van der Waals surface area contributed by atoms with Crippen LogP contribution < -0.4 is 8.92 Å². The molecular weight excluding hydrogens is 412 g/mol. The van der Waals surface area contributed by atoms with Gasteiger partial charge >= 0.3 is 10.1 Å². The van der Waals surface area contributed by atoms with Crippen molar-refractivity contribution in [3.63, 3.8) is 0 Å². The molecular formula is C22H15ClO5S. The van der Waals surface area contributed by atoms with E-state index in [0.29, 0.717) is 16.1 Å². The Hall–Kier alpha value is -3.09. The average Bonchev–Trinajstić information content (AvgIpc) is 2.97. The lowest BCUT2D eigenvalue weighted by Gasteiger charge is -2.08. The van der Waals surface area contributed by atoms with Gasteiger partial charge in [-0.2, -0.15) is 8.42 Å². The molecule has 5 nitrogen and oxygen atoms in total. The Balaban J connectivity index is 1.60. The van der Waals surface area contributed by atoms with Gasteiger partial charge in [-0.05, 0) is 55.0 Å². The maximum Gasteiger partial charge on any atom is 0.339 e. The third kappa shape index (κ3) is 4.04. The monoisotopic (exact) mass is 426 g/mol. The molecule has 1 aliphatic rings. The lowest BCUT2D eigenvalue weighted by molar-refractivity contribution is 0.101. The van der Waals surface area contributed by atoms with Crippen LogP contribution in [0.2, 0.25) is 5.02 Å². The quantitative estimate of drug-likeness (QED) is 0.432. The number of rotatable bonds is 4. The van der Waals surface area contributed by atoms with Crippen molar-refractivity contribution in [2.75, 3.05) is 0 Å². The third-order valence-corrected chi connectivity index (χ3v) is 5.80. The minimum Gasteiger partial charge on any atom is -0.452 e. The molecule has 3 aromatic carbocycles. The lowest BCUT2D eigenvalue weighted by atomic mass is 10.1. The van der Waals surface area contributed by atoms with E-state index in [4.69, 9.17) is 20.5 Å². The van der Waals surface area contributed by atoms with E-state index in [1.807, 2.05) is 6.92 Å². The summed E-state index contributed by atoms with van der Waals surface area (Å²) in [4.78, 5) is 12.6. The number of hydrogen-bond acceptors (Lipinski definition) is 5. The number of hydrogen-bond donors (Lipinski definition) is 0. The highest BCUT2D eigenvalue weighted by Crippen LogP contribution is 2.35. The van der Waals surface area contributed by atoms with Gasteiger partial charge in [-0.15, -0.1) is 0 Å². The first-order valence-electron chi connectivity index (χ1n) is 8.67. The van der Waals surface area contributed by atoms with Crippen LogP contribution in [-0.4, -0.2) is 14.2 Å². The van der Waals surface area contributed by atoms with Gasteiger partial charge in [0, 0.05) is 11.1 Å². The molecule has 1 heterocycles. The highest BCUT2D eigenvalue weighted by Gasteiger charge is 2.28. The van der Waals surface area contributed by atoms with Crippen molar-refractivity contribution >= 4 is 33.6 Å². The Morgan fingerprint density at radius 3 is 2.48 bits per heavy atom. The van der Waals surface area contributed by atoms with Crippen LogP contribution in [-0.2, 0) is 10.1 Å². The van der Waals surface area contributed by atoms with E-state index >= 15 is 0 Å². The van der Waals surface area contributed by atoms with Crippen LogP contribution in [0.5, 0.6) is 11.5 Å². The van der Waals surface area contributed by atoms with Crippen molar-refractivity contribution < 1.29 is 22.1 Å². The van der Waals surface area contributed by atoms with Crippen LogP contribution in [0, 0.1) is 6.92 Å². The number of Topliss-reactive ketones (excluding diaryl/α,β-unsaturated/α-hetero) is 1. The van der Waals surface area contributed by atoms with E-state index in [-0.39, 0.29) is 27.9 Å². The van der Waals surface area contributed by atoms with Crippen LogP contribution in [0.4, 0.5) is 0 Å². The topological polar surface area (TPSA) is 69.7 Å². The second-order valence-electron chi connectivity index (χ2n) is 6.50. The zero-order valence-electron chi connectivity index (χ0n) is 15.3. The summed E-state index contributed by atoms with van der Waals surface area (Å²) in [7, 11) is -4.00. The molecule has 0 aromatic heterocycles. The van der Waals surface area contributed by atoms with Crippen molar-refractivity contribution in [3.8, 4) is 11.5 Å². The summed E-state index contributed by atoms with van der Waals surface area (Å²) in [5.74, 6) is 0.120. The highest BCUT2D eigenvalue weighted by atomic mass is 35.5. The minimum atomic E-state index is -4.00. The van der Waals surface area contributed by atoms with Gasteiger partial charge < -0.3 is 8.92 Å². The van der Waals surface area contributed by atoms with Crippen molar-refractivity contribution in [1.82, 2.24) is 0 Å². The fourth-order valence-electron chi connectivity index (χ4n) is 2.85. The number of carbonyl (C=O) groups is 1. The standard InChI is InChI=1S/C22H15ClO5S/c1-14-5-8-18(9-6-14)29(25,26)28-17-7-10-19-20(13-17)27-21(22(19)24)12-15-3-2-4-16(23)11-15/h2-13H,1H3. The molecule has 0 unspecified atom stereocenters. The fraction of sp³-hybridized carbons (Fsp3) is 0.0455. The smallest absolute Gasteiger partial charge is 0.339 e. The Labute approximate surface area is 173 Å². The van der Waals surface area contributed by atoms with Crippen molar-refractivity contribution in [1.29, 1.82) is 0 Å². The molecule has 0 fully saturated rings. The number of ketones is 1. The van der Waals surface area contributed by atoms with Crippen LogP contribution in [0.1, 0.15) is 21.5 Å². The summed E-state index contributed by atoms with van der Waals surface area (Å²) >= 11 is 5.97. The SMILES string of the molecule is Cc1ccc(S(=O)(=O)Oc2ccc3c(c2)OC(=Cc2cccc(Cl)c2)C3=O)cc1. The van der Waals surface area contributed by atoms with Gasteiger partial charge in [-0.1, -0.05) is 41.4 Å². The molecule has 4 rings (SSSR count). The Bertz CT molecular complexity index is 1240. The summed E-state index contributed by atoms with van der Waals surface area (Å²) in [5, 5.41) is 0.541. The molecule has 0 aliphatic carbocycles. The molecule has 0 saturated heterocycles. The van der Waals surface area contributed by atoms with Gasteiger partial charge in [0.25, 0.3) is 0 Å². The first-order valence-corrected chi connectivity index (χ1v) is 10.5. The Kier molecular flexibility index (Phi) is 4.90. The minimum absolute atomic E-state index is 0.0436. The number of fused-ring (bicyclic) bond motifs is 1. The van der Waals surface area contributed by atoms with Gasteiger partial charge in [-0.3, -0.25) is 4.79 Å². The molecule has 3 aromatic rings. The second kappa shape index (κ2) is 7.39. The number of aryl methyl sites for hydroxylation is 1. The third-order valence-electron chi connectivity index (χ3n) is 4.30. The second-order valence-corrected chi connectivity index (χ2v) is 8.49. The first-order chi connectivity index (χ1) is 13.8. The predicted molar refractivity (Wildman–Crippen MR) is 110 cm³/mol. The summed E-state index contributed by atoms with van der Waals surface area (Å²) in [6.45, 7) is 1.86. The van der Waals surface area contributed by atoms with E-state index < -0.39 is 10.1 Å². The van der Waals surface area contributed by atoms with E-state index in [9.17, 15) is 13.2 Å². The molecule has 0 N–H and O–H groups in total. The number of halogens is 1. The molecule has 0 radical (unpaired) electrons. The van der Waals surface area contributed by atoms with E-state index in [1.165, 1.54) is 30.3 Å². The molecule has 0 amide bonds. The summed E-state index contributed by atoms with van der Waals surface area (Å²) in [6, 6.07) is 17.6. The molecule has 1 aliphatic heterocycles. The largest absolute Gasteiger partial charge is 0.452 e. The predicted octanol–water partition coefficient (Wildman–Crippen LogP) is 5.03. The van der Waals surface area contributed by atoms with Gasteiger partial charge in [-0.25, -0.2) is 0 Å². The lowest BCUT2D eigenvalue weighted by Crippen LogP contribution is -2.09. The summed E-state index contributed by atoms with van der Waals surface area (Å²) in [6.07, 6.45) is 1.58. The average molecular weight is 427 g/mol. The molecule has 7 heteroatoms. The van der Waals surface area contributed by atoms with Crippen LogP contribution in [0.15, 0.2) is 77.4 Å².